The molecular formula is C13H23N2O3. The third-order valence-electron chi connectivity index (χ3n) is 2.70. The fourth-order valence-electron chi connectivity index (χ4n) is 1.66. The molecule has 2 amide bonds. The zero-order valence-corrected chi connectivity index (χ0v) is 11.5. The van der Waals surface area contributed by atoms with E-state index >= 15 is 0 Å². The minimum Gasteiger partial charge on any atom is -0.444 e. The summed E-state index contributed by atoms with van der Waals surface area (Å²) < 4.78 is 5.09. The van der Waals surface area contributed by atoms with Crippen molar-refractivity contribution in [1.82, 2.24) is 10.2 Å². The summed E-state index contributed by atoms with van der Waals surface area (Å²) in [5.74, 6) is 0.118. The van der Waals surface area contributed by atoms with E-state index < -0.39 is 11.7 Å². The molecule has 0 spiro atoms. The predicted molar refractivity (Wildman–Crippen MR) is 68.9 cm³/mol. The van der Waals surface area contributed by atoms with Gasteiger partial charge in [-0.05, 0) is 40.5 Å². The summed E-state index contributed by atoms with van der Waals surface area (Å²) in [6.45, 7) is 10.6. The van der Waals surface area contributed by atoms with Crippen LogP contribution in [0, 0.1) is 6.92 Å². The lowest BCUT2D eigenvalue weighted by molar-refractivity contribution is -0.137. The van der Waals surface area contributed by atoms with E-state index in [1.807, 2.05) is 20.8 Å². The van der Waals surface area contributed by atoms with E-state index in [0.717, 1.165) is 13.0 Å². The summed E-state index contributed by atoms with van der Waals surface area (Å²) >= 11 is 0. The van der Waals surface area contributed by atoms with Gasteiger partial charge in [0.2, 0.25) is 5.91 Å². The van der Waals surface area contributed by atoms with E-state index in [-0.39, 0.29) is 11.9 Å². The second-order valence-corrected chi connectivity index (χ2v) is 5.56. The molecule has 1 saturated heterocycles. The number of ether oxygens (including phenoxy) is 1. The number of alkyl carbamates (subject to hydrolysis) is 1. The Morgan fingerprint density at radius 3 is 2.56 bits per heavy atom. The topological polar surface area (TPSA) is 58.6 Å². The number of amides is 2. The highest BCUT2D eigenvalue weighted by atomic mass is 16.6. The molecule has 1 N–H and O–H groups in total. The van der Waals surface area contributed by atoms with Crippen molar-refractivity contribution < 1.29 is 14.3 Å². The second kappa shape index (κ2) is 6.07. The first kappa shape index (κ1) is 14.8. The Hall–Kier alpha value is -1.26. The Balaban J connectivity index is 2.08. The maximum atomic E-state index is 11.7. The molecule has 1 aliphatic heterocycles. The van der Waals surface area contributed by atoms with Gasteiger partial charge in [-0.25, -0.2) is 4.79 Å². The molecule has 0 bridgehead atoms. The van der Waals surface area contributed by atoms with Crippen LogP contribution in [-0.2, 0) is 9.53 Å². The maximum Gasteiger partial charge on any atom is 0.407 e. The van der Waals surface area contributed by atoms with Crippen LogP contribution < -0.4 is 5.32 Å². The lowest BCUT2D eigenvalue weighted by Crippen LogP contribution is -2.49. The standard InChI is InChI=1S/C13H23N2O3/c1-10-7-9-15(10)11(16)6-5-8-14-12(17)18-13(2,3)4/h10H,1,5-9H2,2-4H3,(H,14,17). The molecule has 18 heavy (non-hydrogen) atoms. The quantitative estimate of drug-likeness (QED) is 0.778. The van der Waals surface area contributed by atoms with Crippen molar-refractivity contribution >= 4 is 12.0 Å². The zero-order chi connectivity index (χ0) is 13.8. The van der Waals surface area contributed by atoms with E-state index in [2.05, 4.69) is 12.2 Å². The molecule has 103 valence electrons. The molecular weight excluding hydrogens is 232 g/mol. The average molecular weight is 255 g/mol. The average Bonchev–Trinajstić information content (AvgIpc) is 2.19. The fraction of sp³-hybridized carbons (Fsp3) is 0.769. The van der Waals surface area contributed by atoms with Gasteiger partial charge in [0.15, 0.2) is 0 Å². The van der Waals surface area contributed by atoms with E-state index in [9.17, 15) is 9.59 Å². The number of carbonyl (C=O) groups is 2. The normalized spacial score (nSPS) is 19.1. The Bertz CT molecular complexity index is 310. The summed E-state index contributed by atoms with van der Waals surface area (Å²) in [5, 5.41) is 2.63. The molecule has 0 aliphatic carbocycles. The van der Waals surface area contributed by atoms with Gasteiger partial charge in [-0.1, -0.05) is 0 Å². The van der Waals surface area contributed by atoms with Gasteiger partial charge in [-0.3, -0.25) is 4.79 Å². The number of hydrogen-bond acceptors (Lipinski definition) is 3. The largest absolute Gasteiger partial charge is 0.444 e. The van der Waals surface area contributed by atoms with Gasteiger partial charge >= 0.3 is 6.09 Å². The predicted octanol–water partition coefficient (Wildman–Crippen LogP) is 1.73. The van der Waals surface area contributed by atoms with Crippen LogP contribution in [0.25, 0.3) is 0 Å². The first-order valence-corrected chi connectivity index (χ1v) is 6.39. The molecule has 0 saturated carbocycles. The number of carbonyl (C=O) groups excluding carboxylic acids is 2. The van der Waals surface area contributed by atoms with E-state index in [0.29, 0.717) is 19.4 Å². The van der Waals surface area contributed by atoms with Crippen LogP contribution in [0.1, 0.15) is 40.0 Å². The molecule has 5 heteroatoms. The first-order chi connectivity index (χ1) is 8.29. The summed E-state index contributed by atoms with van der Waals surface area (Å²) in [6.07, 6.45) is 1.62. The molecule has 1 heterocycles. The van der Waals surface area contributed by atoms with E-state index in [4.69, 9.17) is 4.74 Å². The molecule has 1 radical (unpaired) electrons. The molecule has 1 aliphatic rings. The van der Waals surface area contributed by atoms with Crippen LogP contribution in [0.4, 0.5) is 4.79 Å². The molecule has 0 aromatic rings. The van der Waals surface area contributed by atoms with Gasteiger partial charge in [-0.15, -0.1) is 0 Å². The summed E-state index contributed by atoms with van der Waals surface area (Å²) in [5.41, 5.74) is -0.487. The lowest BCUT2D eigenvalue weighted by atomic mass is 10.0. The van der Waals surface area contributed by atoms with Crippen molar-refractivity contribution in [1.29, 1.82) is 0 Å². The molecule has 1 unspecified atom stereocenters. The van der Waals surface area contributed by atoms with Gasteiger partial charge < -0.3 is 15.0 Å². The minimum atomic E-state index is -0.487. The summed E-state index contributed by atoms with van der Waals surface area (Å²) in [6, 6.07) is 0.135. The summed E-state index contributed by atoms with van der Waals surface area (Å²) in [7, 11) is 0. The fourth-order valence-corrected chi connectivity index (χ4v) is 1.66. The molecule has 0 aromatic carbocycles. The van der Waals surface area contributed by atoms with Crippen LogP contribution >= 0.6 is 0 Å². The van der Waals surface area contributed by atoms with Crippen LogP contribution in [0.3, 0.4) is 0 Å². The highest BCUT2D eigenvalue weighted by Gasteiger charge is 2.27. The van der Waals surface area contributed by atoms with Gasteiger partial charge in [0.25, 0.3) is 0 Å². The van der Waals surface area contributed by atoms with Gasteiger partial charge in [0, 0.05) is 25.6 Å². The van der Waals surface area contributed by atoms with Crippen molar-refractivity contribution in [2.75, 3.05) is 13.1 Å². The maximum absolute atomic E-state index is 11.7. The van der Waals surface area contributed by atoms with Crippen LogP contribution in [0.15, 0.2) is 0 Å². The van der Waals surface area contributed by atoms with Crippen molar-refractivity contribution in [3.8, 4) is 0 Å². The van der Waals surface area contributed by atoms with E-state index in [1.165, 1.54) is 0 Å². The first-order valence-electron chi connectivity index (χ1n) is 6.39. The number of hydrogen-bond donors (Lipinski definition) is 1. The van der Waals surface area contributed by atoms with Gasteiger partial charge in [-0.2, -0.15) is 0 Å². The Morgan fingerprint density at radius 2 is 2.11 bits per heavy atom. The summed E-state index contributed by atoms with van der Waals surface area (Å²) in [4.78, 5) is 24.7. The third kappa shape index (κ3) is 4.94. The second-order valence-electron chi connectivity index (χ2n) is 5.56. The number of rotatable bonds is 4. The molecule has 1 fully saturated rings. The zero-order valence-electron chi connectivity index (χ0n) is 11.5. The van der Waals surface area contributed by atoms with Crippen LogP contribution in [-0.4, -0.2) is 41.6 Å². The minimum absolute atomic E-state index is 0.118. The third-order valence-corrected chi connectivity index (χ3v) is 2.70. The SMILES string of the molecule is [CH2]C1CCN1C(=O)CCCNC(=O)OC(C)(C)C. The Kier molecular flexibility index (Phi) is 4.99. The van der Waals surface area contributed by atoms with Crippen LogP contribution in [0.5, 0.6) is 0 Å². The van der Waals surface area contributed by atoms with Gasteiger partial charge in [0.1, 0.15) is 5.60 Å². The van der Waals surface area contributed by atoms with Crippen LogP contribution in [0.2, 0.25) is 0 Å². The van der Waals surface area contributed by atoms with Gasteiger partial charge in [0.05, 0.1) is 0 Å². The number of likely N-dealkylation sites (tertiary alicyclic amines) is 1. The lowest BCUT2D eigenvalue weighted by Gasteiger charge is -2.38. The number of nitrogens with one attached hydrogen (secondary N) is 1. The highest BCUT2D eigenvalue weighted by Crippen LogP contribution is 2.17. The highest BCUT2D eigenvalue weighted by molar-refractivity contribution is 5.77. The van der Waals surface area contributed by atoms with Crippen molar-refractivity contribution in [3.05, 3.63) is 6.92 Å². The van der Waals surface area contributed by atoms with Crippen molar-refractivity contribution in [3.63, 3.8) is 0 Å². The molecule has 5 nitrogen and oxygen atoms in total. The van der Waals surface area contributed by atoms with Crippen molar-refractivity contribution in [2.24, 2.45) is 0 Å². The van der Waals surface area contributed by atoms with E-state index in [1.54, 1.807) is 4.90 Å². The number of nitrogens with zero attached hydrogens (tertiary/aromatic N) is 1. The Labute approximate surface area is 109 Å². The van der Waals surface area contributed by atoms with Crippen molar-refractivity contribution in [2.45, 2.75) is 51.7 Å². The molecule has 1 rings (SSSR count). The smallest absolute Gasteiger partial charge is 0.407 e. The molecule has 0 aromatic heterocycles. The Morgan fingerprint density at radius 1 is 1.44 bits per heavy atom. The molecule has 1 atom stereocenters. The monoisotopic (exact) mass is 255 g/mol.